The molecule has 0 spiro atoms. The van der Waals surface area contributed by atoms with Gasteiger partial charge in [-0.05, 0) is 6.42 Å². The van der Waals surface area contributed by atoms with Crippen LogP contribution in [0, 0.1) is 0 Å². The summed E-state index contributed by atoms with van der Waals surface area (Å²) in [7, 11) is 0. The van der Waals surface area contributed by atoms with Crippen LogP contribution in [0.4, 0.5) is 0 Å². The van der Waals surface area contributed by atoms with E-state index < -0.39 is 0 Å². The standard InChI is InChI=1S/C14H15N3O3S/c1-2-8-20-11(18)9-21-14-15-13(19)12(16-17-14)10-6-4-3-5-7-10/h3-7H,2,8-9H2,1H3,(H,15,17,19). The van der Waals surface area contributed by atoms with E-state index in [4.69, 9.17) is 4.74 Å². The maximum atomic E-state index is 12.0. The number of hydrogen-bond acceptors (Lipinski definition) is 6. The Balaban J connectivity index is 2.03. The van der Waals surface area contributed by atoms with Crippen LogP contribution in [-0.2, 0) is 9.53 Å². The van der Waals surface area contributed by atoms with Crippen LogP contribution in [0.2, 0.25) is 0 Å². The molecule has 0 saturated carbocycles. The van der Waals surface area contributed by atoms with Gasteiger partial charge < -0.3 is 4.74 Å². The molecule has 2 rings (SSSR count). The van der Waals surface area contributed by atoms with E-state index in [0.29, 0.717) is 17.3 Å². The quantitative estimate of drug-likeness (QED) is 0.648. The number of aromatic nitrogens is 3. The first-order valence-electron chi connectivity index (χ1n) is 6.51. The van der Waals surface area contributed by atoms with Crippen molar-refractivity contribution in [2.45, 2.75) is 18.5 Å². The van der Waals surface area contributed by atoms with Gasteiger partial charge in [0.15, 0.2) is 10.9 Å². The molecular formula is C14H15N3O3S. The first-order chi connectivity index (χ1) is 10.2. The molecule has 6 nitrogen and oxygen atoms in total. The lowest BCUT2D eigenvalue weighted by Gasteiger charge is -2.03. The van der Waals surface area contributed by atoms with Crippen LogP contribution in [0.3, 0.4) is 0 Å². The molecule has 1 aromatic carbocycles. The molecule has 0 bridgehead atoms. The monoisotopic (exact) mass is 305 g/mol. The number of nitrogens with one attached hydrogen (secondary N) is 1. The molecule has 0 atom stereocenters. The van der Waals surface area contributed by atoms with Crippen molar-refractivity contribution in [3.63, 3.8) is 0 Å². The van der Waals surface area contributed by atoms with Crippen LogP contribution in [0.15, 0.2) is 40.3 Å². The number of benzene rings is 1. The number of hydrogen-bond donors (Lipinski definition) is 1. The van der Waals surface area contributed by atoms with Gasteiger partial charge in [0.05, 0.1) is 12.4 Å². The van der Waals surface area contributed by atoms with Crippen molar-refractivity contribution in [1.29, 1.82) is 0 Å². The Morgan fingerprint density at radius 2 is 2.05 bits per heavy atom. The summed E-state index contributed by atoms with van der Waals surface area (Å²) in [6, 6.07) is 9.07. The molecule has 1 heterocycles. The van der Waals surface area contributed by atoms with Crippen LogP contribution in [-0.4, -0.2) is 33.5 Å². The Morgan fingerprint density at radius 3 is 2.71 bits per heavy atom. The highest BCUT2D eigenvalue weighted by Gasteiger charge is 2.09. The number of H-pyrrole nitrogens is 1. The summed E-state index contributed by atoms with van der Waals surface area (Å²) < 4.78 is 4.94. The van der Waals surface area contributed by atoms with Crippen molar-refractivity contribution in [1.82, 2.24) is 15.2 Å². The van der Waals surface area contributed by atoms with Crippen LogP contribution < -0.4 is 5.56 Å². The first kappa shape index (κ1) is 15.2. The number of ether oxygens (including phenoxy) is 1. The normalized spacial score (nSPS) is 10.3. The van der Waals surface area contributed by atoms with Crippen molar-refractivity contribution in [2.24, 2.45) is 0 Å². The third-order valence-corrected chi connectivity index (χ3v) is 3.35. The Morgan fingerprint density at radius 1 is 1.29 bits per heavy atom. The summed E-state index contributed by atoms with van der Waals surface area (Å²) in [5, 5.41) is 8.14. The molecule has 1 aromatic heterocycles. The first-order valence-corrected chi connectivity index (χ1v) is 7.50. The van der Waals surface area contributed by atoms with Crippen LogP contribution in [0.1, 0.15) is 13.3 Å². The number of carbonyl (C=O) groups is 1. The third kappa shape index (κ3) is 4.42. The minimum Gasteiger partial charge on any atom is -0.465 e. The molecule has 0 aliphatic carbocycles. The highest BCUT2D eigenvalue weighted by molar-refractivity contribution is 7.99. The average molecular weight is 305 g/mol. The molecule has 0 unspecified atom stereocenters. The zero-order valence-corrected chi connectivity index (χ0v) is 12.4. The fourth-order valence-corrected chi connectivity index (χ4v) is 2.16. The highest BCUT2D eigenvalue weighted by Crippen LogP contribution is 2.14. The average Bonchev–Trinajstić information content (AvgIpc) is 2.52. The summed E-state index contributed by atoms with van der Waals surface area (Å²) in [6.45, 7) is 2.32. The van der Waals surface area contributed by atoms with E-state index in [-0.39, 0.29) is 23.0 Å². The Labute approximate surface area is 126 Å². The number of carbonyl (C=O) groups excluding carboxylic acids is 1. The Kier molecular flexibility index (Phi) is 5.51. The van der Waals surface area contributed by atoms with Crippen molar-refractivity contribution < 1.29 is 9.53 Å². The van der Waals surface area contributed by atoms with Gasteiger partial charge in [0.1, 0.15) is 0 Å². The van der Waals surface area contributed by atoms with E-state index in [2.05, 4.69) is 15.2 Å². The van der Waals surface area contributed by atoms with Gasteiger partial charge in [0.25, 0.3) is 5.56 Å². The molecular weight excluding hydrogens is 290 g/mol. The van der Waals surface area contributed by atoms with Gasteiger partial charge in [-0.3, -0.25) is 14.6 Å². The minimum absolute atomic E-state index is 0.0926. The molecule has 2 aromatic rings. The summed E-state index contributed by atoms with van der Waals surface area (Å²) in [4.78, 5) is 25.9. The molecule has 110 valence electrons. The van der Waals surface area contributed by atoms with Gasteiger partial charge in [-0.1, -0.05) is 49.0 Å². The predicted molar refractivity (Wildman–Crippen MR) is 80.1 cm³/mol. The zero-order valence-electron chi connectivity index (χ0n) is 11.5. The van der Waals surface area contributed by atoms with Crippen molar-refractivity contribution >= 4 is 17.7 Å². The molecule has 1 N–H and O–H groups in total. The van der Waals surface area contributed by atoms with Crippen LogP contribution in [0.25, 0.3) is 11.3 Å². The third-order valence-electron chi connectivity index (χ3n) is 2.52. The van der Waals surface area contributed by atoms with Gasteiger partial charge in [-0.2, -0.15) is 0 Å². The summed E-state index contributed by atoms with van der Waals surface area (Å²) in [5.74, 6) is -0.244. The lowest BCUT2D eigenvalue weighted by Crippen LogP contribution is -2.15. The second-order valence-corrected chi connectivity index (χ2v) is 5.15. The van der Waals surface area contributed by atoms with E-state index in [9.17, 15) is 9.59 Å². The van der Waals surface area contributed by atoms with Crippen LogP contribution in [0.5, 0.6) is 0 Å². The molecule has 0 fully saturated rings. The van der Waals surface area contributed by atoms with E-state index >= 15 is 0 Å². The van der Waals surface area contributed by atoms with Crippen molar-refractivity contribution in [2.75, 3.05) is 12.4 Å². The summed E-state index contributed by atoms with van der Waals surface area (Å²) in [6.07, 6.45) is 0.777. The van der Waals surface area contributed by atoms with Crippen molar-refractivity contribution in [3.8, 4) is 11.3 Å². The Hall–Kier alpha value is -2.15. The number of rotatable bonds is 6. The number of aromatic amines is 1. The van der Waals surface area contributed by atoms with Crippen LogP contribution >= 0.6 is 11.8 Å². The number of thioether (sulfide) groups is 1. The number of nitrogens with zero attached hydrogens (tertiary/aromatic N) is 2. The van der Waals surface area contributed by atoms with Gasteiger partial charge >= 0.3 is 5.97 Å². The maximum Gasteiger partial charge on any atom is 0.316 e. The molecule has 0 radical (unpaired) electrons. The SMILES string of the molecule is CCCOC(=O)CSc1nnc(-c2ccccc2)c(=O)[nH]1. The van der Waals surface area contributed by atoms with E-state index in [1.54, 1.807) is 12.1 Å². The second kappa shape index (κ2) is 7.58. The molecule has 0 aliphatic rings. The van der Waals surface area contributed by atoms with E-state index in [0.717, 1.165) is 18.2 Å². The Bertz CT molecular complexity index is 658. The van der Waals surface area contributed by atoms with Gasteiger partial charge in [-0.15, -0.1) is 10.2 Å². The van der Waals surface area contributed by atoms with E-state index in [1.807, 2.05) is 25.1 Å². The smallest absolute Gasteiger partial charge is 0.316 e. The summed E-state index contributed by atoms with van der Waals surface area (Å²) in [5.41, 5.74) is 0.624. The minimum atomic E-state index is -0.336. The molecule has 0 aliphatic heterocycles. The lowest BCUT2D eigenvalue weighted by molar-refractivity contribution is -0.140. The highest BCUT2D eigenvalue weighted by atomic mass is 32.2. The largest absolute Gasteiger partial charge is 0.465 e. The fraction of sp³-hybridized carbons (Fsp3) is 0.286. The molecule has 0 saturated heterocycles. The van der Waals surface area contributed by atoms with Gasteiger partial charge in [0.2, 0.25) is 0 Å². The van der Waals surface area contributed by atoms with Crippen molar-refractivity contribution in [3.05, 3.63) is 40.7 Å². The summed E-state index contributed by atoms with van der Waals surface area (Å²) >= 11 is 1.09. The molecule has 0 amide bonds. The fourth-order valence-electron chi connectivity index (χ4n) is 1.56. The maximum absolute atomic E-state index is 12.0. The molecule has 7 heteroatoms. The second-order valence-electron chi connectivity index (χ2n) is 4.18. The zero-order chi connectivity index (χ0) is 15.1. The predicted octanol–water partition coefficient (Wildman–Crippen LogP) is 1.88. The van der Waals surface area contributed by atoms with Gasteiger partial charge in [-0.25, -0.2) is 0 Å². The van der Waals surface area contributed by atoms with E-state index in [1.165, 1.54) is 0 Å². The molecule has 21 heavy (non-hydrogen) atoms. The lowest BCUT2D eigenvalue weighted by atomic mass is 10.2. The van der Waals surface area contributed by atoms with Gasteiger partial charge in [0, 0.05) is 5.56 Å². The topological polar surface area (TPSA) is 84.9 Å². The number of esters is 1.